The zero-order chi connectivity index (χ0) is 15.9. The molecule has 1 saturated carbocycles. The molecule has 3 N–H and O–H groups in total. The zero-order valence-corrected chi connectivity index (χ0v) is 13.1. The molecule has 22 heavy (non-hydrogen) atoms. The van der Waals surface area contributed by atoms with Gasteiger partial charge < -0.3 is 15.8 Å². The number of nitrogens with two attached hydrogens (primary N) is 1. The van der Waals surface area contributed by atoms with Gasteiger partial charge in [0, 0.05) is 25.1 Å². The molecule has 0 bridgehead atoms. The third-order valence-electron chi connectivity index (χ3n) is 4.10. The lowest BCUT2D eigenvalue weighted by molar-refractivity contribution is -0.127. The Labute approximate surface area is 131 Å². The van der Waals surface area contributed by atoms with Crippen molar-refractivity contribution in [2.45, 2.75) is 51.3 Å². The Morgan fingerprint density at radius 3 is 2.95 bits per heavy atom. The molecule has 2 rings (SSSR count). The van der Waals surface area contributed by atoms with E-state index in [9.17, 15) is 9.18 Å². The summed E-state index contributed by atoms with van der Waals surface area (Å²) in [5, 5.41) is 2.87. The van der Waals surface area contributed by atoms with Crippen LogP contribution in [0.5, 0.6) is 0 Å². The van der Waals surface area contributed by atoms with Gasteiger partial charge in [0.1, 0.15) is 5.82 Å². The van der Waals surface area contributed by atoms with Crippen molar-refractivity contribution in [2.75, 3.05) is 6.61 Å². The number of carbonyl (C=O) groups is 1. The van der Waals surface area contributed by atoms with Crippen LogP contribution in [-0.2, 0) is 16.1 Å². The first-order valence-corrected chi connectivity index (χ1v) is 7.99. The van der Waals surface area contributed by atoms with Crippen molar-refractivity contribution in [3.05, 3.63) is 35.6 Å². The highest BCUT2D eigenvalue weighted by Gasteiger charge is 2.32. The molecule has 1 aliphatic rings. The lowest BCUT2D eigenvalue weighted by Crippen LogP contribution is -2.46. The van der Waals surface area contributed by atoms with Crippen LogP contribution < -0.4 is 11.1 Å². The van der Waals surface area contributed by atoms with Gasteiger partial charge in [-0.1, -0.05) is 19.1 Å². The van der Waals surface area contributed by atoms with E-state index in [2.05, 4.69) is 12.2 Å². The van der Waals surface area contributed by atoms with Crippen molar-refractivity contribution < 1.29 is 13.9 Å². The molecule has 0 aromatic heterocycles. The Morgan fingerprint density at radius 1 is 1.45 bits per heavy atom. The lowest BCUT2D eigenvalue weighted by Gasteiger charge is -2.33. The van der Waals surface area contributed by atoms with E-state index >= 15 is 0 Å². The third-order valence-corrected chi connectivity index (χ3v) is 4.10. The lowest BCUT2D eigenvalue weighted by atomic mass is 9.83. The fourth-order valence-corrected chi connectivity index (χ4v) is 2.87. The largest absolute Gasteiger partial charge is 0.377 e. The fraction of sp³-hybridized carbons (Fsp3) is 0.588. The molecule has 1 fully saturated rings. The smallest absolute Gasteiger partial charge is 0.223 e. The molecule has 0 aliphatic heterocycles. The van der Waals surface area contributed by atoms with Crippen molar-refractivity contribution in [1.82, 2.24) is 5.32 Å². The van der Waals surface area contributed by atoms with Gasteiger partial charge in [-0.05, 0) is 43.4 Å². The van der Waals surface area contributed by atoms with Crippen molar-refractivity contribution >= 4 is 5.91 Å². The van der Waals surface area contributed by atoms with E-state index < -0.39 is 0 Å². The van der Waals surface area contributed by atoms with Crippen molar-refractivity contribution in [1.29, 1.82) is 0 Å². The molecule has 0 unspecified atom stereocenters. The third kappa shape index (κ3) is 4.78. The van der Waals surface area contributed by atoms with Crippen LogP contribution in [0.2, 0.25) is 0 Å². The molecular weight excluding hydrogens is 283 g/mol. The van der Waals surface area contributed by atoms with E-state index in [1.54, 1.807) is 12.1 Å². The van der Waals surface area contributed by atoms with Gasteiger partial charge in [0.25, 0.3) is 0 Å². The van der Waals surface area contributed by atoms with Crippen LogP contribution in [-0.4, -0.2) is 24.7 Å². The Morgan fingerprint density at radius 2 is 2.27 bits per heavy atom. The first-order valence-electron chi connectivity index (χ1n) is 7.99. The van der Waals surface area contributed by atoms with Crippen molar-refractivity contribution in [2.24, 2.45) is 11.7 Å². The van der Waals surface area contributed by atoms with E-state index in [1.165, 1.54) is 12.1 Å². The molecule has 122 valence electrons. The van der Waals surface area contributed by atoms with Gasteiger partial charge in [-0.15, -0.1) is 0 Å². The summed E-state index contributed by atoms with van der Waals surface area (Å²) in [7, 11) is 0. The molecule has 0 heterocycles. The van der Waals surface area contributed by atoms with Gasteiger partial charge in [0.15, 0.2) is 0 Å². The predicted octanol–water partition coefficient (Wildman–Crippen LogP) is 2.36. The van der Waals surface area contributed by atoms with Gasteiger partial charge >= 0.3 is 0 Å². The minimum absolute atomic E-state index is 0.00588. The summed E-state index contributed by atoms with van der Waals surface area (Å²) in [5.41, 5.74) is 6.88. The maximum Gasteiger partial charge on any atom is 0.223 e. The number of carbonyl (C=O) groups excluding carboxylic acids is 1. The maximum atomic E-state index is 13.1. The summed E-state index contributed by atoms with van der Waals surface area (Å²) in [6, 6.07) is 6.17. The summed E-state index contributed by atoms with van der Waals surface area (Å²) in [5.74, 6) is -0.374. The Hall–Kier alpha value is -1.46. The SMILES string of the molecule is CCCO[C@@H]1CC[C@H](C(=O)NCc2cccc(F)c2)C[C@H]1N. The summed E-state index contributed by atoms with van der Waals surface area (Å²) in [6.07, 6.45) is 3.28. The van der Waals surface area contributed by atoms with Crippen LogP contribution in [0.15, 0.2) is 24.3 Å². The van der Waals surface area contributed by atoms with E-state index in [0.717, 1.165) is 31.4 Å². The highest BCUT2D eigenvalue weighted by Crippen LogP contribution is 2.26. The van der Waals surface area contributed by atoms with Crippen molar-refractivity contribution in [3.8, 4) is 0 Å². The first kappa shape index (κ1) is 16.9. The van der Waals surface area contributed by atoms with E-state index in [-0.39, 0.29) is 29.8 Å². The van der Waals surface area contributed by atoms with Crippen LogP contribution >= 0.6 is 0 Å². The van der Waals surface area contributed by atoms with Gasteiger partial charge in [0.05, 0.1) is 6.10 Å². The number of hydrogen-bond donors (Lipinski definition) is 2. The highest BCUT2D eigenvalue weighted by molar-refractivity contribution is 5.78. The van der Waals surface area contributed by atoms with Gasteiger partial charge in [0.2, 0.25) is 5.91 Å². The van der Waals surface area contributed by atoms with Crippen LogP contribution in [0.1, 0.15) is 38.2 Å². The molecule has 0 saturated heterocycles. The monoisotopic (exact) mass is 308 g/mol. The van der Waals surface area contributed by atoms with E-state index in [4.69, 9.17) is 10.5 Å². The van der Waals surface area contributed by atoms with Crippen molar-refractivity contribution in [3.63, 3.8) is 0 Å². The minimum Gasteiger partial charge on any atom is -0.377 e. The Balaban J connectivity index is 1.79. The Bertz CT molecular complexity index is 495. The summed E-state index contributed by atoms with van der Waals surface area (Å²) < 4.78 is 18.8. The number of nitrogens with one attached hydrogen (secondary N) is 1. The van der Waals surface area contributed by atoms with Crippen LogP contribution in [0.3, 0.4) is 0 Å². The average molecular weight is 308 g/mol. The molecule has 0 spiro atoms. The Kier molecular flexibility index (Phi) is 6.34. The zero-order valence-electron chi connectivity index (χ0n) is 13.1. The summed E-state index contributed by atoms with van der Waals surface area (Å²) in [4.78, 5) is 12.2. The van der Waals surface area contributed by atoms with Gasteiger partial charge in [-0.25, -0.2) is 4.39 Å². The molecule has 3 atom stereocenters. The number of benzene rings is 1. The van der Waals surface area contributed by atoms with Crippen LogP contribution in [0.25, 0.3) is 0 Å². The molecule has 1 aromatic carbocycles. The second kappa shape index (κ2) is 8.25. The second-order valence-electron chi connectivity index (χ2n) is 5.93. The molecule has 1 aromatic rings. The maximum absolute atomic E-state index is 13.1. The average Bonchev–Trinajstić information content (AvgIpc) is 2.51. The number of ether oxygens (including phenoxy) is 1. The number of hydrogen-bond acceptors (Lipinski definition) is 3. The predicted molar refractivity (Wildman–Crippen MR) is 83.6 cm³/mol. The van der Waals surface area contributed by atoms with Crippen LogP contribution in [0, 0.1) is 11.7 Å². The number of halogens is 1. The molecule has 4 nitrogen and oxygen atoms in total. The minimum atomic E-state index is -0.289. The molecule has 1 amide bonds. The second-order valence-corrected chi connectivity index (χ2v) is 5.93. The number of amides is 1. The molecule has 5 heteroatoms. The highest BCUT2D eigenvalue weighted by atomic mass is 19.1. The first-order chi connectivity index (χ1) is 10.6. The normalized spacial score (nSPS) is 25.0. The molecule has 1 aliphatic carbocycles. The molecule has 0 radical (unpaired) electrons. The summed E-state index contributed by atoms with van der Waals surface area (Å²) >= 11 is 0. The fourth-order valence-electron chi connectivity index (χ4n) is 2.87. The van der Waals surface area contributed by atoms with E-state index in [0.29, 0.717) is 13.0 Å². The quantitative estimate of drug-likeness (QED) is 0.848. The number of rotatable bonds is 6. The summed E-state index contributed by atoms with van der Waals surface area (Å²) in [6.45, 7) is 3.13. The van der Waals surface area contributed by atoms with E-state index in [1.807, 2.05) is 0 Å². The van der Waals surface area contributed by atoms with Gasteiger partial charge in [-0.2, -0.15) is 0 Å². The standard InChI is InChI=1S/C17H25FN2O2/c1-2-8-22-16-7-6-13(10-15(16)19)17(21)20-11-12-4-3-5-14(18)9-12/h3-5,9,13,15-16H,2,6-8,10-11,19H2,1H3,(H,20,21)/t13-,15+,16+/m0/s1. The molecular formula is C17H25FN2O2. The van der Waals surface area contributed by atoms with Gasteiger partial charge in [-0.3, -0.25) is 4.79 Å². The topological polar surface area (TPSA) is 64.3 Å². The van der Waals surface area contributed by atoms with Crippen LogP contribution in [0.4, 0.5) is 4.39 Å².